The standard InChI is InChI=1S/C26H26N4O2S/c1-2-17-16-29-14-12-18(17)15-24(29)25(20-11-13-27-22-9-5-3-7-19(20)22)28-26(33)21-8-4-6-10-23(21)30(31)32/h2-11,13,17-18,24-25H,1,12,14-16H2,(H,28,33)/t17-,18-,24-,25-/m0/s1. The lowest BCUT2D eigenvalue weighted by Crippen LogP contribution is -2.57. The van der Waals surface area contributed by atoms with Crippen LogP contribution in [-0.2, 0) is 0 Å². The van der Waals surface area contributed by atoms with Gasteiger partial charge in [-0.2, -0.15) is 0 Å². The molecule has 3 aromatic rings. The van der Waals surface area contributed by atoms with Gasteiger partial charge >= 0.3 is 0 Å². The Kier molecular flexibility index (Phi) is 5.91. The number of pyridine rings is 1. The van der Waals surface area contributed by atoms with E-state index in [0.717, 1.165) is 36.0 Å². The molecular formula is C26H26N4O2S. The van der Waals surface area contributed by atoms with E-state index in [-0.39, 0.29) is 22.7 Å². The Morgan fingerprint density at radius 1 is 1.24 bits per heavy atom. The quantitative estimate of drug-likeness (QED) is 0.241. The van der Waals surface area contributed by atoms with Gasteiger partial charge in [-0.3, -0.25) is 20.0 Å². The minimum absolute atomic E-state index is 0.0190. The molecular weight excluding hydrogens is 432 g/mol. The van der Waals surface area contributed by atoms with Gasteiger partial charge in [-0.1, -0.05) is 48.6 Å². The summed E-state index contributed by atoms with van der Waals surface area (Å²) in [7, 11) is 0. The minimum atomic E-state index is -0.374. The second-order valence-corrected chi connectivity index (χ2v) is 9.30. The van der Waals surface area contributed by atoms with Gasteiger partial charge in [0.15, 0.2) is 0 Å². The van der Waals surface area contributed by atoms with E-state index >= 15 is 0 Å². The maximum absolute atomic E-state index is 11.6. The molecule has 5 atom stereocenters. The molecule has 168 valence electrons. The highest BCUT2D eigenvalue weighted by Gasteiger charge is 2.43. The van der Waals surface area contributed by atoms with Crippen molar-refractivity contribution in [3.05, 3.63) is 94.7 Å². The molecule has 6 nitrogen and oxygen atoms in total. The second-order valence-electron chi connectivity index (χ2n) is 8.89. The van der Waals surface area contributed by atoms with Crippen LogP contribution in [-0.4, -0.2) is 38.9 Å². The van der Waals surface area contributed by atoms with Crippen LogP contribution in [0.15, 0.2) is 73.4 Å². The van der Waals surface area contributed by atoms with E-state index in [0.29, 0.717) is 22.4 Å². The molecule has 2 bridgehead atoms. The number of nitro groups is 1. The highest BCUT2D eigenvalue weighted by molar-refractivity contribution is 7.80. The van der Waals surface area contributed by atoms with Crippen LogP contribution < -0.4 is 5.32 Å². The van der Waals surface area contributed by atoms with Crippen LogP contribution in [0.5, 0.6) is 0 Å². The lowest BCUT2D eigenvalue weighted by atomic mass is 9.73. The Labute approximate surface area is 198 Å². The fraction of sp³-hybridized carbons (Fsp3) is 0.308. The number of aromatic nitrogens is 1. The molecule has 1 aromatic heterocycles. The lowest BCUT2D eigenvalue weighted by Gasteiger charge is -2.52. The zero-order valence-electron chi connectivity index (χ0n) is 18.3. The number of nitrogens with one attached hydrogen (secondary N) is 1. The Bertz CT molecular complexity index is 1220. The predicted molar refractivity (Wildman–Crippen MR) is 134 cm³/mol. The maximum atomic E-state index is 11.6. The van der Waals surface area contributed by atoms with Crippen molar-refractivity contribution in [2.24, 2.45) is 11.8 Å². The van der Waals surface area contributed by atoms with Crippen molar-refractivity contribution >= 4 is 33.8 Å². The number of para-hydroxylation sites is 2. The first-order valence-corrected chi connectivity index (χ1v) is 11.7. The monoisotopic (exact) mass is 458 g/mol. The van der Waals surface area contributed by atoms with E-state index < -0.39 is 0 Å². The van der Waals surface area contributed by atoms with E-state index in [2.05, 4.69) is 40.0 Å². The molecule has 3 aliphatic heterocycles. The van der Waals surface area contributed by atoms with Crippen molar-refractivity contribution in [2.75, 3.05) is 13.1 Å². The molecule has 0 radical (unpaired) electrons. The van der Waals surface area contributed by atoms with Gasteiger partial charge in [0.05, 0.1) is 22.0 Å². The number of thiocarbonyl (C=S) groups is 1. The Balaban J connectivity index is 1.56. The van der Waals surface area contributed by atoms with Crippen molar-refractivity contribution in [3.8, 4) is 0 Å². The van der Waals surface area contributed by atoms with Gasteiger partial charge in [-0.15, -0.1) is 6.58 Å². The van der Waals surface area contributed by atoms with E-state index in [1.54, 1.807) is 18.2 Å². The minimum Gasteiger partial charge on any atom is -0.367 e. The summed E-state index contributed by atoms with van der Waals surface area (Å²) in [6.07, 6.45) is 6.13. The van der Waals surface area contributed by atoms with Gasteiger partial charge in [0.1, 0.15) is 4.99 Å². The van der Waals surface area contributed by atoms with Crippen LogP contribution in [0.2, 0.25) is 0 Å². The molecule has 0 spiro atoms. The van der Waals surface area contributed by atoms with Crippen LogP contribution in [0.4, 0.5) is 5.69 Å². The Morgan fingerprint density at radius 3 is 2.79 bits per heavy atom. The molecule has 33 heavy (non-hydrogen) atoms. The molecule has 3 aliphatic rings. The molecule has 0 aliphatic carbocycles. The average molecular weight is 459 g/mol. The van der Waals surface area contributed by atoms with Crippen LogP contribution in [0.3, 0.4) is 0 Å². The Hall–Kier alpha value is -3.16. The second kappa shape index (κ2) is 9.00. The first-order chi connectivity index (χ1) is 16.1. The van der Waals surface area contributed by atoms with E-state index in [9.17, 15) is 10.1 Å². The number of hydrogen-bond donors (Lipinski definition) is 1. The maximum Gasteiger partial charge on any atom is 0.279 e. The van der Waals surface area contributed by atoms with E-state index in [1.165, 1.54) is 12.5 Å². The first-order valence-electron chi connectivity index (χ1n) is 11.3. The van der Waals surface area contributed by atoms with Crippen LogP contribution in [0.1, 0.15) is 30.0 Å². The summed E-state index contributed by atoms with van der Waals surface area (Å²) < 4.78 is 0. The third-order valence-corrected chi connectivity index (χ3v) is 7.53. The van der Waals surface area contributed by atoms with Crippen molar-refractivity contribution in [1.29, 1.82) is 0 Å². The number of benzene rings is 2. The third-order valence-electron chi connectivity index (χ3n) is 7.19. The van der Waals surface area contributed by atoms with Crippen molar-refractivity contribution in [1.82, 2.24) is 15.2 Å². The number of fused-ring (bicyclic) bond motifs is 4. The summed E-state index contributed by atoms with van der Waals surface area (Å²) in [6.45, 7) is 6.08. The summed E-state index contributed by atoms with van der Waals surface area (Å²) >= 11 is 5.76. The fourth-order valence-electron chi connectivity index (χ4n) is 5.54. The zero-order valence-corrected chi connectivity index (χ0v) is 19.1. The number of hydrogen-bond acceptors (Lipinski definition) is 5. The molecule has 0 saturated carbocycles. The number of nitrogens with zero attached hydrogens (tertiary/aromatic N) is 3. The van der Waals surface area contributed by atoms with Gasteiger partial charge in [0, 0.05) is 30.2 Å². The molecule has 4 heterocycles. The van der Waals surface area contributed by atoms with Crippen LogP contribution >= 0.6 is 12.2 Å². The number of piperidine rings is 3. The summed E-state index contributed by atoms with van der Waals surface area (Å²) in [6, 6.07) is 16.9. The molecule has 2 aromatic carbocycles. The topological polar surface area (TPSA) is 71.3 Å². The number of rotatable bonds is 6. The van der Waals surface area contributed by atoms with Crippen LogP contribution in [0, 0.1) is 22.0 Å². The fourth-order valence-corrected chi connectivity index (χ4v) is 5.84. The molecule has 3 fully saturated rings. The van der Waals surface area contributed by atoms with Crippen molar-refractivity contribution < 1.29 is 4.92 Å². The van der Waals surface area contributed by atoms with Gasteiger partial charge in [0.2, 0.25) is 0 Å². The molecule has 1 unspecified atom stereocenters. The van der Waals surface area contributed by atoms with E-state index in [1.807, 2.05) is 24.4 Å². The summed E-state index contributed by atoms with van der Waals surface area (Å²) in [5.41, 5.74) is 2.51. The third kappa shape index (κ3) is 4.03. The molecule has 6 rings (SSSR count). The van der Waals surface area contributed by atoms with Gasteiger partial charge in [0.25, 0.3) is 5.69 Å². The normalized spacial score (nSPS) is 24.8. The summed E-state index contributed by atoms with van der Waals surface area (Å²) in [5, 5.41) is 16.3. The largest absolute Gasteiger partial charge is 0.367 e. The van der Waals surface area contributed by atoms with Gasteiger partial charge < -0.3 is 5.32 Å². The smallest absolute Gasteiger partial charge is 0.279 e. The molecule has 1 N–H and O–H groups in total. The van der Waals surface area contributed by atoms with Crippen molar-refractivity contribution in [3.63, 3.8) is 0 Å². The predicted octanol–water partition coefficient (Wildman–Crippen LogP) is 5.05. The Morgan fingerprint density at radius 2 is 2.03 bits per heavy atom. The van der Waals surface area contributed by atoms with E-state index in [4.69, 9.17) is 12.2 Å². The number of nitro benzene ring substituents is 1. The molecule has 0 amide bonds. The zero-order chi connectivity index (χ0) is 22.9. The van der Waals surface area contributed by atoms with Crippen molar-refractivity contribution in [2.45, 2.75) is 24.9 Å². The summed E-state index contributed by atoms with van der Waals surface area (Å²) in [5.74, 6) is 1.10. The SMILES string of the molecule is C=C[C@H]1CN2CC[C@H]1C[C@H]2[C@@H](NC(=S)c1ccccc1[N+](=O)[O-])c1ccnc2ccccc12. The van der Waals surface area contributed by atoms with Crippen LogP contribution in [0.25, 0.3) is 10.9 Å². The highest BCUT2D eigenvalue weighted by Crippen LogP contribution is 2.42. The van der Waals surface area contributed by atoms with Gasteiger partial charge in [-0.25, -0.2) is 0 Å². The molecule has 3 saturated heterocycles. The lowest BCUT2D eigenvalue weighted by molar-refractivity contribution is -0.385. The average Bonchev–Trinajstić information content (AvgIpc) is 2.87. The first kappa shape index (κ1) is 21.7. The van der Waals surface area contributed by atoms with Gasteiger partial charge in [-0.05, 0) is 55.0 Å². The summed E-state index contributed by atoms with van der Waals surface area (Å²) in [4.78, 5) is 18.7. The molecule has 7 heteroatoms. The highest BCUT2D eigenvalue weighted by atomic mass is 32.1.